The number of para-hydroxylation sites is 1. The van der Waals surface area contributed by atoms with Gasteiger partial charge in [0.15, 0.2) is 0 Å². The summed E-state index contributed by atoms with van der Waals surface area (Å²) in [5.74, 6) is 1.85. The lowest BCUT2D eigenvalue weighted by atomic mass is 10.2. The maximum atomic E-state index is 5.74. The normalized spacial score (nSPS) is 17.9. The molecule has 2 rings (SSSR count). The van der Waals surface area contributed by atoms with Crippen molar-refractivity contribution in [3.63, 3.8) is 0 Å². The third-order valence-corrected chi connectivity index (χ3v) is 3.29. The summed E-state index contributed by atoms with van der Waals surface area (Å²) >= 11 is 0. The number of fused-ring (bicyclic) bond motifs is 1. The van der Waals surface area contributed by atoms with Gasteiger partial charge in [0.25, 0.3) is 0 Å². The summed E-state index contributed by atoms with van der Waals surface area (Å²) in [5, 5.41) is 0. The number of hydrogen-bond donors (Lipinski definition) is 0. The Morgan fingerprint density at radius 2 is 1.92 bits per heavy atom. The molecule has 1 aliphatic rings. The van der Waals surface area contributed by atoms with Crippen molar-refractivity contribution in [2.75, 3.05) is 0 Å². The highest BCUT2D eigenvalue weighted by Crippen LogP contribution is 2.39. The van der Waals surface area contributed by atoms with Gasteiger partial charge in [-0.05, 0) is 18.6 Å². The van der Waals surface area contributed by atoms with Crippen LogP contribution in [0.2, 0.25) is 13.1 Å². The minimum Gasteiger partial charge on any atom is -0.509 e. The van der Waals surface area contributed by atoms with Crippen molar-refractivity contribution in [2.24, 2.45) is 0 Å². The molecule has 0 aliphatic carbocycles. The minimum absolute atomic E-state index is 0.909. The van der Waals surface area contributed by atoms with Gasteiger partial charge in [-0.1, -0.05) is 12.1 Å². The standard InChI is InChI=1S/C9H12O2Si/c1-7-5-4-6-8-9(7)11-12(2,3)10-8/h4-6H,1-3H3. The zero-order valence-corrected chi connectivity index (χ0v) is 8.55. The van der Waals surface area contributed by atoms with Crippen molar-refractivity contribution in [2.45, 2.75) is 20.0 Å². The zero-order chi connectivity index (χ0) is 8.77. The molecule has 0 unspecified atom stereocenters. The largest absolute Gasteiger partial charge is 0.509 e. The summed E-state index contributed by atoms with van der Waals surface area (Å²) in [6.07, 6.45) is 0. The Hall–Kier alpha value is -0.963. The van der Waals surface area contributed by atoms with E-state index in [0.717, 1.165) is 17.1 Å². The van der Waals surface area contributed by atoms with Crippen LogP contribution in [0.25, 0.3) is 0 Å². The fourth-order valence-electron chi connectivity index (χ4n) is 1.37. The maximum Gasteiger partial charge on any atom is 0.454 e. The molecule has 0 fully saturated rings. The average Bonchev–Trinajstić information content (AvgIpc) is 2.25. The van der Waals surface area contributed by atoms with E-state index in [2.05, 4.69) is 0 Å². The summed E-state index contributed by atoms with van der Waals surface area (Å²) in [6, 6.07) is 6.00. The summed E-state index contributed by atoms with van der Waals surface area (Å²) in [5.41, 5.74) is 1.16. The third kappa shape index (κ3) is 1.10. The Bertz CT molecular complexity index is 320. The van der Waals surface area contributed by atoms with Crippen LogP contribution in [0.3, 0.4) is 0 Å². The van der Waals surface area contributed by atoms with E-state index in [0.29, 0.717) is 0 Å². The number of rotatable bonds is 0. The smallest absolute Gasteiger partial charge is 0.454 e. The van der Waals surface area contributed by atoms with Gasteiger partial charge in [0.1, 0.15) is 11.5 Å². The van der Waals surface area contributed by atoms with Gasteiger partial charge in [-0.15, -0.1) is 0 Å². The molecule has 0 saturated heterocycles. The summed E-state index contributed by atoms with van der Waals surface area (Å²) in [4.78, 5) is 0. The van der Waals surface area contributed by atoms with Crippen molar-refractivity contribution >= 4 is 8.56 Å². The third-order valence-electron chi connectivity index (χ3n) is 1.88. The van der Waals surface area contributed by atoms with Crippen LogP contribution >= 0.6 is 0 Å². The molecule has 0 N–H and O–H groups in total. The Morgan fingerprint density at radius 3 is 2.58 bits per heavy atom. The number of hydrogen-bond acceptors (Lipinski definition) is 2. The van der Waals surface area contributed by atoms with Gasteiger partial charge in [0, 0.05) is 13.1 Å². The van der Waals surface area contributed by atoms with Crippen molar-refractivity contribution < 1.29 is 8.85 Å². The highest BCUT2D eigenvalue weighted by Gasteiger charge is 2.37. The van der Waals surface area contributed by atoms with E-state index < -0.39 is 8.56 Å². The van der Waals surface area contributed by atoms with Crippen LogP contribution in [-0.2, 0) is 0 Å². The van der Waals surface area contributed by atoms with Gasteiger partial charge in [-0.3, -0.25) is 0 Å². The molecule has 1 aromatic rings. The van der Waals surface area contributed by atoms with Gasteiger partial charge >= 0.3 is 8.56 Å². The van der Waals surface area contributed by atoms with Crippen molar-refractivity contribution in [3.05, 3.63) is 23.8 Å². The molecular formula is C9H12O2Si. The second-order valence-corrected chi connectivity index (χ2v) is 6.71. The van der Waals surface area contributed by atoms with Crippen LogP contribution < -0.4 is 8.85 Å². The summed E-state index contributed by atoms with van der Waals surface area (Å²) in [6.45, 7) is 6.14. The highest BCUT2D eigenvalue weighted by molar-refractivity contribution is 6.67. The van der Waals surface area contributed by atoms with E-state index in [1.165, 1.54) is 0 Å². The van der Waals surface area contributed by atoms with Crippen molar-refractivity contribution in [3.8, 4) is 11.5 Å². The quantitative estimate of drug-likeness (QED) is 0.571. The first-order chi connectivity index (χ1) is 5.58. The molecule has 0 saturated carbocycles. The molecule has 0 bridgehead atoms. The van der Waals surface area contributed by atoms with Crippen molar-refractivity contribution in [1.82, 2.24) is 0 Å². The fourth-order valence-corrected chi connectivity index (χ4v) is 2.85. The van der Waals surface area contributed by atoms with E-state index in [1.807, 2.05) is 38.2 Å². The maximum absolute atomic E-state index is 5.74. The second-order valence-electron chi connectivity index (χ2n) is 3.51. The Balaban J connectivity index is 2.48. The lowest BCUT2D eigenvalue weighted by molar-refractivity contribution is 0.473. The predicted octanol–water partition coefficient (Wildman–Crippen LogP) is 2.47. The highest BCUT2D eigenvalue weighted by atomic mass is 28.4. The fraction of sp³-hybridized carbons (Fsp3) is 0.333. The first-order valence-electron chi connectivity index (χ1n) is 4.06. The lowest BCUT2D eigenvalue weighted by Gasteiger charge is -2.12. The van der Waals surface area contributed by atoms with Crippen LogP contribution in [0, 0.1) is 6.92 Å². The van der Waals surface area contributed by atoms with E-state index in [1.54, 1.807) is 0 Å². The molecule has 1 aliphatic heterocycles. The molecule has 12 heavy (non-hydrogen) atoms. The van der Waals surface area contributed by atoms with Gasteiger partial charge in [-0.25, -0.2) is 0 Å². The molecule has 0 radical (unpaired) electrons. The van der Waals surface area contributed by atoms with Gasteiger partial charge < -0.3 is 8.85 Å². The molecule has 0 atom stereocenters. The minimum atomic E-state index is -1.88. The first kappa shape index (κ1) is 7.67. The molecule has 0 aromatic heterocycles. The molecule has 0 amide bonds. The van der Waals surface area contributed by atoms with E-state index in [4.69, 9.17) is 8.85 Å². The van der Waals surface area contributed by atoms with Crippen LogP contribution in [0.1, 0.15) is 5.56 Å². The summed E-state index contributed by atoms with van der Waals surface area (Å²) < 4.78 is 11.4. The lowest BCUT2D eigenvalue weighted by Crippen LogP contribution is -2.36. The second kappa shape index (κ2) is 2.26. The molecule has 0 spiro atoms. The van der Waals surface area contributed by atoms with Gasteiger partial charge in [-0.2, -0.15) is 0 Å². The topological polar surface area (TPSA) is 18.5 Å². The average molecular weight is 180 g/mol. The van der Waals surface area contributed by atoms with Crippen LogP contribution in [0.5, 0.6) is 11.5 Å². The Labute approximate surface area is 73.4 Å². The number of aryl methyl sites for hydroxylation is 1. The Kier molecular flexibility index (Phi) is 1.45. The Morgan fingerprint density at radius 1 is 1.17 bits per heavy atom. The first-order valence-corrected chi connectivity index (χ1v) is 6.88. The molecular weight excluding hydrogens is 168 g/mol. The summed E-state index contributed by atoms with van der Waals surface area (Å²) in [7, 11) is -1.88. The molecule has 2 nitrogen and oxygen atoms in total. The number of benzene rings is 1. The van der Waals surface area contributed by atoms with Crippen LogP contribution in [0.4, 0.5) is 0 Å². The molecule has 1 aromatic carbocycles. The molecule has 64 valence electrons. The molecule has 3 heteroatoms. The van der Waals surface area contributed by atoms with Crippen molar-refractivity contribution in [1.29, 1.82) is 0 Å². The predicted molar refractivity (Wildman–Crippen MR) is 49.9 cm³/mol. The van der Waals surface area contributed by atoms with E-state index in [-0.39, 0.29) is 0 Å². The van der Waals surface area contributed by atoms with Gasteiger partial charge in [0.2, 0.25) is 0 Å². The van der Waals surface area contributed by atoms with E-state index in [9.17, 15) is 0 Å². The molecule has 1 heterocycles. The van der Waals surface area contributed by atoms with Gasteiger partial charge in [0.05, 0.1) is 0 Å². The SMILES string of the molecule is Cc1cccc2c1O[Si](C)(C)O2. The van der Waals surface area contributed by atoms with E-state index >= 15 is 0 Å². The zero-order valence-electron chi connectivity index (χ0n) is 7.55. The monoisotopic (exact) mass is 180 g/mol. The van der Waals surface area contributed by atoms with Crippen LogP contribution in [0.15, 0.2) is 18.2 Å². The van der Waals surface area contributed by atoms with Crippen LogP contribution in [-0.4, -0.2) is 8.56 Å².